The molecule has 0 saturated carbocycles. The highest BCUT2D eigenvalue weighted by Crippen LogP contribution is 2.29. The van der Waals surface area contributed by atoms with Crippen molar-refractivity contribution in [3.8, 4) is 5.75 Å². The summed E-state index contributed by atoms with van der Waals surface area (Å²) >= 11 is 0. The van der Waals surface area contributed by atoms with Crippen LogP contribution in [0.15, 0.2) is 41.3 Å². The molecule has 168 valence electrons. The molecule has 0 radical (unpaired) electrons. The van der Waals surface area contributed by atoms with Crippen molar-refractivity contribution in [1.29, 1.82) is 0 Å². The number of nitrogens with zero attached hydrogens (tertiary/aromatic N) is 1. The maximum absolute atomic E-state index is 13.1. The molecule has 7 nitrogen and oxygen atoms in total. The van der Waals surface area contributed by atoms with Gasteiger partial charge in [-0.25, -0.2) is 8.42 Å². The second-order valence-corrected chi connectivity index (χ2v) is 9.82. The van der Waals surface area contributed by atoms with Gasteiger partial charge in [0.25, 0.3) is 0 Å². The van der Waals surface area contributed by atoms with Crippen molar-refractivity contribution >= 4 is 27.3 Å². The highest BCUT2D eigenvalue weighted by Gasteiger charge is 2.26. The number of rotatable bonds is 7. The summed E-state index contributed by atoms with van der Waals surface area (Å²) in [5, 5.41) is 5.87. The SMILES string of the molecule is COc1ccc(S(=O)(=O)N2CCCCCC2)cc1NCC(=O)Nc1ccc(C)c(C)c1. The first-order chi connectivity index (χ1) is 14.8. The molecular formula is C23H31N3O4S. The number of hydrogen-bond donors (Lipinski definition) is 2. The van der Waals surface area contributed by atoms with Gasteiger partial charge in [0.15, 0.2) is 0 Å². The minimum atomic E-state index is -3.59. The second-order valence-electron chi connectivity index (χ2n) is 7.88. The Hall–Kier alpha value is -2.58. The maximum atomic E-state index is 13.1. The van der Waals surface area contributed by atoms with Crippen molar-refractivity contribution in [3.63, 3.8) is 0 Å². The molecule has 2 aromatic carbocycles. The van der Waals surface area contributed by atoms with Gasteiger partial charge >= 0.3 is 0 Å². The van der Waals surface area contributed by atoms with Gasteiger partial charge in [-0.2, -0.15) is 4.31 Å². The molecule has 2 N–H and O–H groups in total. The summed E-state index contributed by atoms with van der Waals surface area (Å²) in [7, 11) is -2.08. The molecule has 1 saturated heterocycles. The molecular weight excluding hydrogens is 414 g/mol. The molecule has 8 heteroatoms. The van der Waals surface area contributed by atoms with E-state index in [0.717, 1.165) is 42.5 Å². The summed E-state index contributed by atoms with van der Waals surface area (Å²) in [6.07, 6.45) is 3.85. The Labute approximate surface area is 184 Å². The van der Waals surface area contributed by atoms with E-state index in [1.54, 1.807) is 22.5 Å². The lowest BCUT2D eigenvalue weighted by Crippen LogP contribution is -2.32. The van der Waals surface area contributed by atoms with Gasteiger partial charge in [0.05, 0.1) is 24.2 Å². The lowest BCUT2D eigenvalue weighted by molar-refractivity contribution is -0.114. The fourth-order valence-corrected chi connectivity index (χ4v) is 5.16. The molecule has 31 heavy (non-hydrogen) atoms. The van der Waals surface area contributed by atoms with E-state index in [4.69, 9.17) is 4.74 Å². The van der Waals surface area contributed by atoms with Crippen LogP contribution in [0.25, 0.3) is 0 Å². The fraction of sp³-hybridized carbons (Fsp3) is 0.435. The van der Waals surface area contributed by atoms with Crippen LogP contribution >= 0.6 is 0 Å². The normalized spacial score (nSPS) is 15.2. The summed E-state index contributed by atoms with van der Waals surface area (Å²) < 4.78 is 33.1. The number of carbonyl (C=O) groups is 1. The zero-order chi connectivity index (χ0) is 22.4. The molecule has 3 rings (SSSR count). The highest BCUT2D eigenvalue weighted by molar-refractivity contribution is 7.89. The van der Waals surface area contributed by atoms with Crippen LogP contribution in [-0.4, -0.2) is 45.4 Å². The first-order valence-corrected chi connectivity index (χ1v) is 12.0. The zero-order valence-corrected chi connectivity index (χ0v) is 19.2. The van der Waals surface area contributed by atoms with Crippen LogP contribution in [0, 0.1) is 13.8 Å². The fourth-order valence-electron chi connectivity index (χ4n) is 3.62. The topological polar surface area (TPSA) is 87.7 Å². The van der Waals surface area contributed by atoms with Crippen molar-refractivity contribution in [2.75, 3.05) is 37.4 Å². The van der Waals surface area contributed by atoms with Gasteiger partial charge in [-0.15, -0.1) is 0 Å². The lowest BCUT2D eigenvalue weighted by atomic mass is 10.1. The maximum Gasteiger partial charge on any atom is 0.243 e. The molecule has 0 aliphatic carbocycles. The number of benzene rings is 2. The van der Waals surface area contributed by atoms with Gasteiger partial charge in [0, 0.05) is 18.8 Å². The van der Waals surface area contributed by atoms with E-state index in [1.165, 1.54) is 7.11 Å². The van der Waals surface area contributed by atoms with E-state index in [-0.39, 0.29) is 17.3 Å². The third-order valence-corrected chi connectivity index (χ3v) is 7.50. The summed E-state index contributed by atoms with van der Waals surface area (Å²) in [6.45, 7) is 5.06. The van der Waals surface area contributed by atoms with Gasteiger partial charge in [0.2, 0.25) is 15.9 Å². The number of carbonyl (C=O) groups excluding carboxylic acids is 1. The number of hydrogen-bond acceptors (Lipinski definition) is 5. The molecule has 1 fully saturated rings. The minimum absolute atomic E-state index is 0.0174. The third-order valence-electron chi connectivity index (χ3n) is 5.60. The smallest absolute Gasteiger partial charge is 0.243 e. The van der Waals surface area contributed by atoms with Crippen LogP contribution in [0.1, 0.15) is 36.8 Å². The Morgan fingerprint density at radius 3 is 2.35 bits per heavy atom. The summed E-state index contributed by atoms with van der Waals surface area (Å²) in [4.78, 5) is 12.6. The number of amides is 1. The number of ether oxygens (including phenoxy) is 1. The summed E-state index contributed by atoms with van der Waals surface area (Å²) in [6, 6.07) is 10.5. The Balaban J connectivity index is 1.72. The average Bonchev–Trinajstić information content (AvgIpc) is 3.05. The average molecular weight is 446 g/mol. The van der Waals surface area contributed by atoms with Crippen molar-refractivity contribution in [2.45, 2.75) is 44.4 Å². The van der Waals surface area contributed by atoms with Gasteiger partial charge in [-0.05, 0) is 68.1 Å². The first kappa shape index (κ1) is 23.1. The highest BCUT2D eigenvalue weighted by atomic mass is 32.2. The number of aryl methyl sites for hydroxylation is 2. The van der Waals surface area contributed by atoms with Crippen molar-refractivity contribution in [3.05, 3.63) is 47.5 Å². The van der Waals surface area contributed by atoms with Gasteiger partial charge in [-0.3, -0.25) is 4.79 Å². The van der Waals surface area contributed by atoms with E-state index in [2.05, 4.69) is 10.6 Å². The largest absolute Gasteiger partial charge is 0.495 e. The summed E-state index contributed by atoms with van der Waals surface area (Å²) in [5.74, 6) is 0.250. The molecule has 1 aliphatic heterocycles. The van der Waals surface area contributed by atoms with Crippen molar-refractivity contribution in [1.82, 2.24) is 4.31 Å². The molecule has 0 atom stereocenters. The monoisotopic (exact) mass is 445 g/mol. The molecule has 0 spiro atoms. The molecule has 1 aliphatic rings. The van der Waals surface area contributed by atoms with Crippen LogP contribution in [-0.2, 0) is 14.8 Å². The van der Waals surface area contributed by atoms with Crippen LogP contribution in [0.5, 0.6) is 5.75 Å². The zero-order valence-electron chi connectivity index (χ0n) is 18.4. The van der Waals surface area contributed by atoms with Crippen LogP contribution in [0.4, 0.5) is 11.4 Å². The van der Waals surface area contributed by atoms with Crippen LogP contribution in [0.2, 0.25) is 0 Å². The standard InChI is InChI=1S/C23H31N3O4S/c1-17-8-9-19(14-18(17)2)25-23(27)16-24-21-15-20(10-11-22(21)30-3)31(28,29)26-12-6-4-5-7-13-26/h8-11,14-15,24H,4-7,12-13,16H2,1-3H3,(H,25,27). The van der Waals surface area contributed by atoms with Gasteiger partial charge in [0.1, 0.15) is 5.75 Å². The number of anilines is 2. The Morgan fingerprint density at radius 2 is 1.71 bits per heavy atom. The van der Waals surface area contributed by atoms with E-state index in [0.29, 0.717) is 24.5 Å². The van der Waals surface area contributed by atoms with Gasteiger partial charge < -0.3 is 15.4 Å². The molecule has 2 aromatic rings. The molecule has 1 heterocycles. The number of methoxy groups -OCH3 is 1. The molecule has 1 amide bonds. The van der Waals surface area contributed by atoms with E-state index in [9.17, 15) is 13.2 Å². The Morgan fingerprint density at radius 1 is 1.00 bits per heavy atom. The van der Waals surface area contributed by atoms with E-state index >= 15 is 0 Å². The van der Waals surface area contributed by atoms with Gasteiger partial charge in [-0.1, -0.05) is 18.9 Å². The van der Waals surface area contributed by atoms with Crippen LogP contribution in [0.3, 0.4) is 0 Å². The second kappa shape index (κ2) is 10.2. The van der Waals surface area contributed by atoms with Crippen molar-refractivity contribution < 1.29 is 17.9 Å². The van der Waals surface area contributed by atoms with Crippen LogP contribution < -0.4 is 15.4 Å². The predicted molar refractivity (Wildman–Crippen MR) is 123 cm³/mol. The first-order valence-electron chi connectivity index (χ1n) is 10.6. The number of sulfonamides is 1. The molecule has 0 unspecified atom stereocenters. The Kier molecular flexibility index (Phi) is 7.56. The minimum Gasteiger partial charge on any atom is -0.495 e. The van der Waals surface area contributed by atoms with E-state index < -0.39 is 10.0 Å². The predicted octanol–water partition coefficient (Wildman–Crippen LogP) is 3.93. The van der Waals surface area contributed by atoms with E-state index in [1.807, 2.05) is 32.0 Å². The quantitative estimate of drug-likeness (QED) is 0.674. The molecule has 0 bridgehead atoms. The summed E-state index contributed by atoms with van der Waals surface area (Å²) in [5.41, 5.74) is 3.44. The van der Waals surface area contributed by atoms with Crippen molar-refractivity contribution in [2.24, 2.45) is 0 Å². The Bertz CT molecular complexity index is 1030. The molecule has 0 aromatic heterocycles. The number of nitrogens with one attached hydrogen (secondary N) is 2. The third kappa shape index (κ3) is 5.77. The lowest BCUT2D eigenvalue weighted by Gasteiger charge is -2.21.